The van der Waals surface area contributed by atoms with E-state index < -0.39 is 0 Å². The van der Waals surface area contributed by atoms with Crippen LogP contribution in [0.15, 0.2) is 42.5 Å². The van der Waals surface area contributed by atoms with Crippen LogP contribution in [-0.4, -0.2) is 30.4 Å². The van der Waals surface area contributed by atoms with E-state index in [2.05, 4.69) is 5.32 Å². The molecule has 0 spiro atoms. The number of benzene rings is 2. The highest BCUT2D eigenvalue weighted by molar-refractivity contribution is 6.30. The smallest absolute Gasteiger partial charge is 0.222 e. The first-order valence-corrected chi connectivity index (χ1v) is 9.64. The molecule has 0 atom stereocenters. The van der Waals surface area contributed by atoms with E-state index in [1.54, 1.807) is 18.2 Å². The number of ether oxygens (including phenoxy) is 1. The Kier molecular flexibility index (Phi) is 7.07. The molecule has 1 amide bonds. The van der Waals surface area contributed by atoms with Crippen LogP contribution in [0.25, 0.3) is 0 Å². The van der Waals surface area contributed by atoms with E-state index in [0.29, 0.717) is 24.6 Å². The first-order chi connectivity index (χ1) is 13.1. The molecule has 0 unspecified atom stereocenters. The molecule has 1 fully saturated rings. The third kappa shape index (κ3) is 5.94. The fourth-order valence-corrected chi connectivity index (χ4v) is 3.32. The van der Waals surface area contributed by atoms with E-state index in [1.165, 1.54) is 12.1 Å². The molecule has 1 N–H and O–H groups in total. The molecule has 0 saturated carbocycles. The normalized spacial score (nSPS) is 14.0. The maximum atomic E-state index is 13.0. The Bertz CT molecular complexity index is 767. The number of rotatable bonds is 9. The van der Waals surface area contributed by atoms with Gasteiger partial charge in [-0.15, -0.1) is 0 Å². The van der Waals surface area contributed by atoms with Gasteiger partial charge in [-0.25, -0.2) is 4.39 Å². The van der Waals surface area contributed by atoms with Gasteiger partial charge < -0.3 is 15.0 Å². The Morgan fingerprint density at radius 3 is 2.74 bits per heavy atom. The molecule has 2 aromatic carbocycles. The molecular weight excluding hydrogens is 367 g/mol. The third-order valence-electron chi connectivity index (χ3n) is 4.60. The molecule has 2 aromatic rings. The summed E-state index contributed by atoms with van der Waals surface area (Å²) in [7, 11) is 0. The quantitative estimate of drug-likeness (QED) is 0.654. The number of hydrogen-bond donors (Lipinski definition) is 1. The predicted octanol–water partition coefficient (Wildman–Crippen LogP) is 4.16. The highest BCUT2D eigenvalue weighted by atomic mass is 35.5. The van der Waals surface area contributed by atoms with Crippen molar-refractivity contribution in [3.63, 3.8) is 0 Å². The Hall–Kier alpha value is -2.11. The van der Waals surface area contributed by atoms with Crippen molar-refractivity contribution in [2.75, 3.05) is 19.6 Å². The van der Waals surface area contributed by atoms with E-state index in [-0.39, 0.29) is 11.7 Å². The van der Waals surface area contributed by atoms with Gasteiger partial charge in [-0.2, -0.15) is 0 Å². The zero-order valence-electron chi connectivity index (χ0n) is 15.2. The third-order valence-corrected chi connectivity index (χ3v) is 4.83. The van der Waals surface area contributed by atoms with E-state index in [9.17, 15) is 9.18 Å². The van der Waals surface area contributed by atoms with Crippen LogP contribution in [0.3, 0.4) is 0 Å². The molecule has 0 bridgehead atoms. The van der Waals surface area contributed by atoms with E-state index in [4.69, 9.17) is 16.3 Å². The number of halogens is 2. The minimum Gasteiger partial charge on any atom is -0.489 e. The molecule has 27 heavy (non-hydrogen) atoms. The van der Waals surface area contributed by atoms with Gasteiger partial charge in [0.2, 0.25) is 5.91 Å². The maximum Gasteiger partial charge on any atom is 0.222 e. The fraction of sp³-hybridized carbons (Fsp3) is 0.381. The van der Waals surface area contributed by atoms with Gasteiger partial charge in [0.25, 0.3) is 0 Å². The lowest BCUT2D eigenvalue weighted by atomic mass is 10.2. The summed E-state index contributed by atoms with van der Waals surface area (Å²) in [6.07, 6.45) is 2.58. The lowest BCUT2D eigenvalue weighted by Gasteiger charge is -2.16. The summed E-state index contributed by atoms with van der Waals surface area (Å²) in [6, 6.07) is 11.8. The summed E-state index contributed by atoms with van der Waals surface area (Å²) >= 11 is 6.12. The lowest BCUT2D eigenvalue weighted by molar-refractivity contribution is -0.127. The summed E-state index contributed by atoms with van der Waals surface area (Å²) in [5.74, 6) is 0.762. The van der Waals surface area contributed by atoms with Crippen molar-refractivity contribution in [2.45, 2.75) is 32.4 Å². The maximum absolute atomic E-state index is 13.0. The average Bonchev–Trinajstić information content (AvgIpc) is 3.07. The Morgan fingerprint density at radius 1 is 1.19 bits per heavy atom. The van der Waals surface area contributed by atoms with Gasteiger partial charge in [-0.1, -0.05) is 23.7 Å². The van der Waals surface area contributed by atoms with Crippen LogP contribution in [-0.2, 0) is 17.9 Å². The summed E-state index contributed by atoms with van der Waals surface area (Å²) in [4.78, 5) is 13.5. The molecule has 1 heterocycles. The van der Waals surface area contributed by atoms with Gasteiger partial charge >= 0.3 is 0 Å². The topological polar surface area (TPSA) is 41.6 Å². The van der Waals surface area contributed by atoms with Gasteiger partial charge in [-0.05, 0) is 55.3 Å². The second kappa shape index (κ2) is 9.72. The average molecular weight is 391 g/mol. The van der Waals surface area contributed by atoms with Crippen molar-refractivity contribution in [1.82, 2.24) is 10.2 Å². The standard InChI is InChI=1S/C21H24ClFN2O2/c22-18-6-9-20(27-15-16-4-7-19(23)8-5-16)17(13-18)14-24-10-2-12-25-11-1-3-21(25)26/h4-9,13,24H,1-3,10-12,14-15H2. The van der Waals surface area contributed by atoms with Crippen molar-refractivity contribution in [3.8, 4) is 5.75 Å². The zero-order valence-corrected chi connectivity index (χ0v) is 16.0. The molecule has 0 radical (unpaired) electrons. The molecule has 144 valence electrons. The second-order valence-corrected chi connectivity index (χ2v) is 7.12. The van der Waals surface area contributed by atoms with Crippen LogP contribution >= 0.6 is 11.6 Å². The highest BCUT2D eigenvalue weighted by Crippen LogP contribution is 2.24. The fourth-order valence-electron chi connectivity index (χ4n) is 3.13. The zero-order chi connectivity index (χ0) is 19.1. The van der Waals surface area contributed by atoms with Crippen LogP contribution in [0.4, 0.5) is 4.39 Å². The lowest BCUT2D eigenvalue weighted by Crippen LogP contribution is -2.28. The van der Waals surface area contributed by atoms with Crippen LogP contribution < -0.4 is 10.1 Å². The summed E-state index contributed by atoms with van der Waals surface area (Å²) in [5.41, 5.74) is 1.88. The van der Waals surface area contributed by atoms with Crippen LogP contribution in [0, 0.1) is 5.82 Å². The molecule has 0 aromatic heterocycles. The highest BCUT2D eigenvalue weighted by Gasteiger charge is 2.18. The molecule has 1 saturated heterocycles. The minimum absolute atomic E-state index is 0.259. The van der Waals surface area contributed by atoms with E-state index in [0.717, 1.165) is 49.4 Å². The summed E-state index contributed by atoms with van der Waals surface area (Å²) in [6.45, 7) is 3.50. The van der Waals surface area contributed by atoms with Crippen molar-refractivity contribution < 1.29 is 13.9 Å². The number of nitrogens with zero attached hydrogens (tertiary/aromatic N) is 1. The Morgan fingerprint density at radius 2 is 2.00 bits per heavy atom. The number of carbonyl (C=O) groups is 1. The van der Waals surface area contributed by atoms with Crippen molar-refractivity contribution in [1.29, 1.82) is 0 Å². The monoisotopic (exact) mass is 390 g/mol. The number of carbonyl (C=O) groups excluding carboxylic acids is 1. The van der Waals surface area contributed by atoms with E-state index >= 15 is 0 Å². The summed E-state index contributed by atoms with van der Waals surface area (Å²) < 4.78 is 18.9. The van der Waals surface area contributed by atoms with Crippen molar-refractivity contribution >= 4 is 17.5 Å². The molecule has 6 heteroatoms. The van der Waals surface area contributed by atoms with Crippen LogP contribution in [0.5, 0.6) is 5.75 Å². The molecule has 3 rings (SSSR count). The van der Waals surface area contributed by atoms with E-state index in [1.807, 2.05) is 17.0 Å². The first-order valence-electron chi connectivity index (χ1n) is 9.26. The first kappa shape index (κ1) is 19.6. The largest absolute Gasteiger partial charge is 0.489 e. The van der Waals surface area contributed by atoms with Gasteiger partial charge in [0.05, 0.1) is 0 Å². The van der Waals surface area contributed by atoms with Crippen LogP contribution in [0.1, 0.15) is 30.4 Å². The molecule has 4 nitrogen and oxygen atoms in total. The van der Waals surface area contributed by atoms with Crippen molar-refractivity contribution in [3.05, 3.63) is 64.4 Å². The van der Waals surface area contributed by atoms with Gasteiger partial charge in [-0.3, -0.25) is 4.79 Å². The molecule has 1 aliphatic rings. The van der Waals surface area contributed by atoms with Gasteiger partial charge in [0.1, 0.15) is 18.2 Å². The van der Waals surface area contributed by atoms with Gasteiger partial charge in [0.15, 0.2) is 0 Å². The second-order valence-electron chi connectivity index (χ2n) is 6.68. The van der Waals surface area contributed by atoms with Crippen molar-refractivity contribution in [2.24, 2.45) is 0 Å². The SMILES string of the molecule is O=C1CCCN1CCCNCc1cc(Cl)ccc1OCc1ccc(F)cc1. The van der Waals surface area contributed by atoms with Gasteiger partial charge in [0, 0.05) is 36.6 Å². The minimum atomic E-state index is -0.259. The Balaban J connectivity index is 1.48. The predicted molar refractivity (Wildman–Crippen MR) is 104 cm³/mol. The number of hydrogen-bond acceptors (Lipinski definition) is 3. The number of likely N-dealkylation sites (tertiary alicyclic amines) is 1. The summed E-state index contributed by atoms with van der Waals surface area (Å²) in [5, 5.41) is 4.04. The number of amides is 1. The molecule has 0 aliphatic carbocycles. The Labute approximate surface area is 164 Å². The number of nitrogens with one attached hydrogen (secondary N) is 1. The molecular formula is C21H24ClFN2O2. The van der Waals surface area contributed by atoms with Crippen LogP contribution in [0.2, 0.25) is 5.02 Å². The molecule has 1 aliphatic heterocycles.